The van der Waals surface area contributed by atoms with Crippen LogP contribution < -0.4 is 5.32 Å². The maximum Gasteiger partial charge on any atom is 0.243 e. The lowest BCUT2D eigenvalue weighted by Crippen LogP contribution is -2.41. The van der Waals surface area contributed by atoms with Crippen LogP contribution in [0.2, 0.25) is 0 Å². The Morgan fingerprint density at radius 2 is 1.60 bits per heavy atom. The maximum atomic E-state index is 12.8. The largest absolute Gasteiger partial charge is 0.379 e. The first-order chi connectivity index (χ1) is 16.6. The van der Waals surface area contributed by atoms with Crippen molar-refractivity contribution in [2.45, 2.75) is 30.4 Å². The molecule has 9 nitrogen and oxygen atoms in total. The summed E-state index contributed by atoms with van der Waals surface area (Å²) in [4.78, 5) is 12.9. The number of piperidine rings is 1. The maximum absolute atomic E-state index is 12.8. The molecule has 0 unspecified atom stereocenters. The summed E-state index contributed by atoms with van der Waals surface area (Å²) in [5, 5.41) is 2.83. The number of anilines is 1. The minimum atomic E-state index is -3.59. The molecular formula is C24H31N3O6S2. The highest BCUT2D eigenvalue weighted by Crippen LogP contribution is 2.24. The molecule has 0 bridgehead atoms. The van der Waals surface area contributed by atoms with Crippen molar-refractivity contribution >= 4 is 31.6 Å². The summed E-state index contributed by atoms with van der Waals surface area (Å²) >= 11 is 0. The van der Waals surface area contributed by atoms with Gasteiger partial charge in [0, 0.05) is 37.8 Å². The number of nitrogens with one attached hydrogen (secondary N) is 1. The number of amides is 1. The molecule has 0 aliphatic carbocycles. The summed E-state index contributed by atoms with van der Waals surface area (Å²) < 4.78 is 59.2. The van der Waals surface area contributed by atoms with E-state index in [-0.39, 0.29) is 22.5 Å². The van der Waals surface area contributed by atoms with E-state index in [4.69, 9.17) is 4.74 Å². The van der Waals surface area contributed by atoms with Gasteiger partial charge in [0.25, 0.3) is 0 Å². The Morgan fingerprint density at radius 1 is 0.943 bits per heavy atom. The molecule has 2 heterocycles. The third-order valence-corrected chi connectivity index (χ3v) is 10.1. The van der Waals surface area contributed by atoms with Gasteiger partial charge in [-0.05, 0) is 49.6 Å². The molecule has 0 saturated carbocycles. The Morgan fingerprint density at radius 3 is 2.23 bits per heavy atom. The summed E-state index contributed by atoms with van der Waals surface area (Å²) in [6.45, 7) is 3.90. The topological polar surface area (TPSA) is 113 Å². The van der Waals surface area contributed by atoms with Crippen molar-refractivity contribution in [3.8, 4) is 0 Å². The second-order valence-electron chi connectivity index (χ2n) is 8.95. The van der Waals surface area contributed by atoms with Gasteiger partial charge in [-0.1, -0.05) is 29.8 Å². The van der Waals surface area contributed by atoms with E-state index in [2.05, 4.69) is 5.32 Å². The molecule has 0 spiro atoms. The number of carbonyl (C=O) groups is 1. The molecule has 35 heavy (non-hydrogen) atoms. The average Bonchev–Trinajstić information content (AvgIpc) is 2.85. The average molecular weight is 522 g/mol. The number of ether oxygens (including phenoxy) is 1. The van der Waals surface area contributed by atoms with Crippen molar-refractivity contribution in [2.75, 3.05) is 44.7 Å². The number of rotatable bonds is 7. The number of carbonyl (C=O) groups excluding carboxylic acids is 1. The van der Waals surface area contributed by atoms with Crippen molar-refractivity contribution in [3.63, 3.8) is 0 Å². The molecule has 2 fully saturated rings. The van der Waals surface area contributed by atoms with Gasteiger partial charge in [0.15, 0.2) is 0 Å². The number of hydrogen-bond acceptors (Lipinski definition) is 6. The van der Waals surface area contributed by atoms with Gasteiger partial charge in [0.1, 0.15) is 0 Å². The Kier molecular flexibility index (Phi) is 7.92. The summed E-state index contributed by atoms with van der Waals surface area (Å²) in [6, 6.07) is 13.6. The van der Waals surface area contributed by atoms with Gasteiger partial charge in [0.05, 0.1) is 23.9 Å². The molecule has 4 rings (SSSR count). The molecule has 2 saturated heterocycles. The third-order valence-electron chi connectivity index (χ3n) is 6.38. The van der Waals surface area contributed by atoms with Crippen LogP contribution in [0.5, 0.6) is 0 Å². The van der Waals surface area contributed by atoms with E-state index in [9.17, 15) is 21.6 Å². The van der Waals surface area contributed by atoms with Gasteiger partial charge >= 0.3 is 0 Å². The lowest BCUT2D eigenvalue weighted by atomic mass is 9.97. The van der Waals surface area contributed by atoms with Crippen molar-refractivity contribution in [1.82, 2.24) is 8.61 Å². The summed E-state index contributed by atoms with van der Waals surface area (Å²) in [7, 11) is -7.05. The molecule has 190 valence electrons. The molecule has 0 aromatic heterocycles. The highest BCUT2D eigenvalue weighted by atomic mass is 32.2. The first-order valence-electron chi connectivity index (χ1n) is 11.7. The fraction of sp³-hybridized carbons (Fsp3) is 0.458. The van der Waals surface area contributed by atoms with Crippen molar-refractivity contribution < 1.29 is 26.4 Å². The highest BCUT2D eigenvalue weighted by molar-refractivity contribution is 7.89. The standard InChI is InChI=1S/C24H31N3O6S2/c1-19-3-2-4-20(17-19)18-34(29,30)26-11-9-21(10-12-26)24(28)25-22-5-7-23(8-6-22)35(31,32)27-13-15-33-16-14-27/h2-8,17,21H,9-16,18H2,1H3,(H,25,28). The molecule has 0 atom stereocenters. The van der Waals surface area contributed by atoms with Gasteiger partial charge in [-0.3, -0.25) is 4.79 Å². The third kappa shape index (κ3) is 6.28. The second-order valence-corrected chi connectivity index (χ2v) is 12.9. The first kappa shape index (κ1) is 25.8. The van der Waals surface area contributed by atoms with E-state index < -0.39 is 20.0 Å². The molecule has 2 aromatic rings. The van der Waals surface area contributed by atoms with Gasteiger partial charge in [-0.2, -0.15) is 4.31 Å². The zero-order valence-electron chi connectivity index (χ0n) is 19.7. The van der Waals surface area contributed by atoms with E-state index in [0.29, 0.717) is 57.9 Å². The van der Waals surface area contributed by atoms with E-state index in [1.807, 2.05) is 31.2 Å². The number of morpholine rings is 1. The fourth-order valence-corrected chi connectivity index (χ4v) is 7.35. The van der Waals surface area contributed by atoms with Gasteiger partial charge < -0.3 is 10.1 Å². The Labute approximate surface area is 207 Å². The zero-order chi connectivity index (χ0) is 25.1. The summed E-state index contributed by atoms with van der Waals surface area (Å²) in [5.74, 6) is -0.549. The van der Waals surface area contributed by atoms with Crippen LogP contribution in [0, 0.1) is 12.8 Å². The number of aryl methyl sites for hydroxylation is 1. The van der Waals surface area contributed by atoms with Crippen molar-refractivity contribution in [2.24, 2.45) is 5.92 Å². The van der Waals surface area contributed by atoms with Crippen LogP contribution in [0.4, 0.5) is 5.69 Å². The van der Waals surface area contributed by atoms with E-state index in [1.165, 1.54) is 20.7 Å². The van der Waals surface area contributed by atoms with Crippen LogP contribution in [0.25, 0.3) is 0 Å². The fourth-order valence-electron chi connectivity index (χ4n) is 4.39. The van der Waals surface area contributed by atoms with E-state index >= 15 is 0 Å². The number of benzene rings is 2. The van der Waals surface area contributed by atoms with Crippen LogP contribution >= 0.6 is 0 Å². The Hall–Kier alpha value is -2.31. The van der Waals surface area contributed by atoms with Crippen LogP contribution in [0.3, 0.4) is 0 Å². The van der Waals surface area contributed by atoms with Gasteiger partial charge in [-0.15, -0.1) is 0 Å². The normalized spacial score (nSPS) is 18.9. The minimum Gasteiger partial charge on any atom is -0.379 e. The second kappa shape index (κ2) is 10.8. The summed E-state index contributed by atoms with van der Waals surface area (Å²) in [6.07, 6.45) is 0.866. The Bertz CT molecular complexity index is 1250. The Balaban J connectivity index is 1.31. The molecule has 11 heteroatoms. The number of hydrogen-bond donors (Lipinski definition) is 1. The van der Waals surface area contributed by atoms with E-state index in [1.54, 1.807) is 12.1 Å². The molecule has 2 aliphatic heterocycles. The number of sulfonamides is 2. The number of nitrogens with zero attached hydrogens (tertiary/aromatic N) is 2. The van der Waals surface area contributed by atoms with Crippen LogP contribution in [0.1, 0.15) is 24.0 Å². The van der Waals surface area contributed by atoms with E-state index in [0.717, 1.165) is 11.1 Å². The molecule has 2 aliphatic rings. The SMILES string of the molecule is Cc1cccc(CS(=O)(=O)N2CCC(C(=O)Nc3ccc(S(=O)(=O)N4CCOCC4)cc3)CC2)c1. The van der Waals surface area contributed by atoms with Gasteiger partial charge in [-0.25, -0.2) is 21.1 Å². The van der Waals surface area contributed by atoms with Crippen LogP contribution in [0.15, 0.2) is 53.4 Å². The first-order valence-corrected chi connectivity index (χ1v) is 14.7. The van der Waals surface area contributed by atoms with Crippen molar-refractivity contribution in [3.05, 3.63) is 59.7 Å². The zero-order valence-corrected chi connectivity index (χ0v) is 21.4. The minimum absolute atomic E-state index is 0.0503. The molecule has 2 aromatic carbocycles. The summed E-state index contributed by atoms with van der Waals surface area (Å²) in [5.41, 5.74) is 2.27. The quantitative estimate of drug-likeness (QED) is 0.598. The molecular weight excluding hydrogens is 490 g/mol. The molecule has 1 amide bonds. The monoisotopic (exact) mass is 521 g/mol. The highest BCUT2D eigenvalue weighted by Gasteiger charge is 2.31. The predicted octanol–water partition coefficient (Wildman–Crippen LogP) is 2.20. The lowest BCUT2D eigenvalue weighted by molar-refractivity contribution is -0.120. The predicted molar refractivity (Wildman–Crippen MR) is 133 cm³/mol. The molecule has 1 N–H and O–H groups in total. The van der Waals surface area contributed by atoms with Crippen LogP contribution in [-0.2, 0) is 35.3 Å². The van der Waals surface area contributed by atoms with Crippen LogP contribution in [-0.4, -0.2) is 70.7 Å². The molecule has 0 radical (unpaired) electrons. The smallest absolute Gasteiger partial charge is 0.243 e. The van der Waals surface area contributed by atoms with Crippen molar-refractivity contribution in [1.29, 1.82) is 0 Å². The lowest BCUT2D eigenvalue weighted by Gasteiger charge is -2.30. The van der Waals surface area contributed by atoms with Gasteiger partial charge in [0.2, 0.25) is 26.0 Å².